The Balaban J connectivity index is 1.64. The predicted molar refractivity (Wildman–Crippen MR) is 83.2 cm³/mol. The number of ether oxygens (including phenoxy) is 2. The van der Waals surface area contributed by atoms with Crippen LogP contribution >= 0.6 is 11.6 Å². The maximum atomic E-state index is 12.1. The van der Waals surface area contributed by atoms with Crippen molar-refractivity contribution in [2.75, 3.05) is 13.3 Å². The first kappa shape index (κ1) is 14.3. The second-order valence-electron chi connectivity index (χ2n) is 4.54. The topological polar surface area (TPSA) is 47.6 Å². The Bertz CT molecular complexity index is 763. The van der Waals surface area contributed by atoms with Crippen LogP contribution in [0.5, 0.6) is 11.5 Å². The molecule has 0 aromatic heterocycles. The van der Waals surface area contributed by atoms with Gasteiger partial charge in [-0.05, 0) is 24.3 Å². The SMILES string of the molecule is O=C(NCC#Cc1ccccc1)c1cc(Cl)c2c(c1)OCO2. The number of halogens is 1. The lowest BCUT2D eigenvalue weighted by molar-refractivity contribution is 0.0958. The fourth-order valence-corrected chi connectivity index (χ4v) is 2.26. The van der Waals surface area contributed by atoms with Gasteiger partial charge in [0, 0.05) is 11.1 Å². The van der Waals surface area contributed by atoms with Gasteiger partial charge in [0.2, 0.25) is 6.79 Å². The summed E-state index contributed by atoms with van der Waals surface area (Å²) in [6.07, 6.45) is 0. The summed E-state index contributed by atoms with van der Waals surface area (Å²) in [5.41, 5.74) is 1.32. The Hall–Kier alpha value is -2.64. The summed E-state index contributed by atoms with van der Waals surface area (Å²) < 4.78 is 10.4. The second kappa shape index (κ2) is 6.42. The normalized spacial score (nSPS) is 11.5. The van der Waals surface area contributed by atoms with Gasteiger partial charge in [0.25, 0.3) is 5.91 Å². The minimum atomic E-state index is -0.262. The lowest BCUT2D eigenvalue weighted by Crippen LogP contribution is -2.23. The maximum Gasteiger partial charge on any atom is 0.252 e. The zero-order valence-electron chi connectivity index (χ0n) is 11.6. The number of nitrogens with one attached hydrogen (secondary N) is 1. The van der Waals surface area contributed by atoms with E-state index in [0.717, 1.165) is 5.56 Å². The summed E-state index contributed by atoms with van der Waals surface area (Å²) in [4.78, 5) is 12.1. The molecule has 110 valence electrons. The molecule has 0 aliphatic carbocycles. The molecule has 0 radical (unpaired) electrons. The van der Waals surface area contributed by atoms with Crippen LogP contribution < -0.4 is 14.8 Å². The van der Waals surface area contributed by atoms with E-state index in [0.29, 0.717) is 22.1 Å². The standard InChI is InChI=1S/C17H12ClNO3/c18-14-9-13(10-15-16(14)22-11-21-15)17(20)19-8-4-7-12-5-2-1-3-6-12/h1-3,5-6,9-10H,8,11H2,(H,19,20). The van der Waals surface area contributed by atoms with Crippen LogP contribution in [0.2, 0.25) is 5.02 Å². The zero-order chi connectivity index (χ0) is 15.4. The molecule has 0 fully saturated rings. The first-order valence-electron chi connectivity index (χ1n) is 6.65. The largest absolute Gasteiger partial charge is 0.454 e. The molecular formula is C17H12ClNO3. The van der Waals surface area contributed by atoms with Gasteiger partial charge in [-0.3, -0.25) is 4.79 Å². The van der Waals surface area contributed by atoms with Gasteiger partial charge in [-0.15, -0.1) is 0 Å². The van der Waals surface area contributed by atoms with Crippen molar-refractivity contribution in [2.45, 2.75) is 0 Å². The molecule has 0 spiro atoms. The molecule has 1 heterocycles. The molecule has 2 aromatic carbocycles. The molecule has 1 amide bonds. The maximum absolute atomic E-state index is 12.1. The number of rotatable bonds is 2. The van der Waals surface area contributed by atoms with Crippen molar-refractivity contribution in [1.82, 2.24) is 5.32 Å². The average molecular weight is 314 g/mol. The van der Waals surface area contributed by atoms with Crippen LogP contribution in [0, 0.1) is 11.8 Å². The average Bonchev–Trinajstić information content (AvgIpc) is 3.01. The first-order valence-corrected chi connectivity index (χ1v) is 7.03. The van der Waals surface area contributed by atoms with Crippen molar-refractivity contribution >= 4 is 17.5 Å². The molecule has 1 aliphatic heterocycles. The first-order chi connectivity index (χ1) is 10.7. The third kappa shape index (κ3) is 3.16. The van der Waals surface area contributed by atoms with E-state index < -0.39 is 0 Å². The van der Waals surface area contributed by atoms with Gasteiger partial charge < -0.3 is 14.8 Å². The van der Waals surface area contributed by atoms with Gasteiger partial charge in [-0.2, -0.15) is 0 Å². The van der Waals surface area contributed by atoms with Crippen LogP contribution in [0.1, 0.15) is 15.9 Å². The molecule has 2 aromatic rings. The molecule has 0 atom stereocenters. The van der Waals surface area contributed by atoms with Crippen LogP contribution in [0.15, 0.2) is 42.5 Å². The van der Waals surface area contributed by atoms with E-state index in [1.54, 1.807) is 12.1 Å². The third-order valence-electron chi connectivity index (χ3n) is 3.03. The molecule has 0 unspecified atom stereocenters. The number of benzene rings is 2. The van der Waals surface area contributed by atoms with Crippen LogP contribution in [-0.2, 0) is 0 Å². The summed E-state index contributed by atoms with van der Waals surface area (Å²) in [6, 6.07) is 12.7. The number of amides is 1. The summed E-state index contributed by atoms with van der Waals surface area (Å²) >= 11 is 6.05. The lowest BCUT2D eigenvalue weighted by atomic mass is 10.2. The minimum absolute atomic E-state index is 0.114. The van der Waals surface area contributed by atoms with Crippen molar-refractivity contribution in [3.8, 4) is 23.3 Å². The molecule has 1 N–H and O–H groups in total. The van der Waals surface area contributed by atoms with Crippen molar-refractivity contribution in [1.29, 1.82) is 0 Å². The zero-order valence-corrected chi connectivity index (χ0v) is 12.3. The van der Waals surface area contributed by atoms with Crippen molar-refractivity contribution in [3.05, 3.63) is 58.6 Å². The van der Waals surface area contributed by atoms with Crippen LogP contribution in [-0.4, -0.2) is 19.2 Å². The lowest BCUT2D eigenvalue weighted by Gasteiger charge is -2.04. The van der Waals surface area contributed by atoms with Gasteiger partial charge in [0.15, 0.2) is 11.5 Å². The highest BCUT2D eigenvalue weighted by atomic mass is 35.5. The molecule has 0 bridgehead atoms. The summed E-state index contributed by atoms with van der Waals surface area (Å²) in [5, 5.41) is 3.08. The monoisotopic (exact) mass is 313 g/mol. The van der Waals surface area contributed by atoms with Crippen molar-refractivity contribution < 1.29 is 14.3 Å². The van der Waals surface area contributed by atoms with E-state index in [1.807, 2.05) is 30.3 Å². The Morgan fingerprint density at radius 3 is 2.86 bits per heavy atom. The van der Waals surface area contributed by atoms with E-state index in [1.165, 1.54) is 0 Å². The Morgan fingerprint density at radius 1 is 1.23 bits per heavy atom. The summed E-state index contributed by atoms with van der Waals surface area (Å²) in [5.74, 6) is 6.56. The van der Waals surface area contributed by atoms with Crippen molar-refractivity contribution in [3.63, 3.8) is 0 Å². The fourth-order valence-electron chi connectivity index (χ4n) is 1.99. The number of hydrogen-bond donors (Lipinski definition) is 1. The third-order valence-corrected chi connectivity index (χ3v) is 3.31. The van der Waals surface area contributed by atoms with E-state index in [4.69, 9.17) is 21.1 Å². The Labute approximate surface area is 133 Å². The number of fused-ring (bicyclic) bond motifs is 1. The van der Waals surface area contributed by atoms with Gasteiger partial charge in [0.05, 0.1) is 11.6 Å². The Kier molecular flexibility index (Phi) is 4.17. The molecule has 0 saturated heterocycles. The Morgan fingerprint density at radius 2 is 2.05 bits per heavy atom. The highest BCUT2D eigenvalue weighted by Gasteiger charge is 2.20. The van der Waals surface area contributed by atoms with Gasteiger partial charge >= 0.3 is 0 Å². The molecule has 1 aliphatic rings. The quantitative estimate of drug-likeness (QED) is 0.867. The van der Waals surface area contributed by atoms with E-state index in [9.17, 15) is 4.79 Å². The molecular weight excluding hydrogens is 302 g/mol. The van der Waals surface area contributed by atoms with Crippen LogP contribution in [0.3, 0.4) is 0 Å². The molecule has 3 rings (SSSR count). The minimum Gasteiger partial charge on any atom is -0.454 e. The van der Waals surface area contributed by atoms with Crippen LogP contribution in [0.4, 0.5) is 0 Å². The smallest absolute Gasteiger partial charge is 0.252 e. The number of hydrogen-bond acceptors (Lipinski definition) is 3. The molecule has 5 heteroatoms. The predicted octanol–water partition coefficient (Wildman–Crippen LogP) is 2.85. The highest BCUT2D eigenvalue weighted by Crippen LogP contribution is 2.39. The van der Waals surface area contributed by atoms with Gasteiger partial charge in [-0.1, -0.05) is 41.6 Å². The summed E-state index contributed by atoms with van der Waals surface area (Å²) in [6.45, 7) is 0.364. The highest BCUT2D eigenvalue weighted by molar-refractivity contribution is 6.32. The molecule has 4 nitrogen and oxygen atoms in total. The summed E-state index contributed by atoms with van der Waals surface area (Å²) in [7, 11) is 0. The van der Waals surface area contributed by atoms with Gasteiger partial charge in [-0.25, -0.2) is 0 Å². The second-order valence-corrected chi connectivity index (χ2v) is 4.95. The van der Waals surface area contributed by atoms with Crippen LogP contribution in [0.25, 0.3) is 0 Å². The molecule has 22 heavy (non-hydrogen) atoms. The molecule has 0 saturated carbocycles. The van der Waals surface area contributed by atoms with E-state index in [2.05, 4.69) is 17.2 Å². The van der Waals surface area contributed by atoms with E-state index in [-0.39, 0.29) is 19.2 Å². The van der Waals surface area contributed by atoms with Crippen molar-refractivity contribution in [2.24, 2.45) is 0 Å². The van der Waals surface area contributed by atoms with E-state index >= 15 is 0 Å². The fraction of sp³-hybridized carbons (Fsp3) is 0.118. The van der Waals surface area contributed by atoms with Gasteiger partial charge in [0.1, 0.15) is 0 Å². The number of carbonyl (C=O) groups excluding carboxylic acids is 1. The number of carbonyl (C=O) groups is 1.